The number of para-hydroxylation sites is 1. The number of methoxy groups -OCH3 is 1. The minimum atomic E-state index is -0.0477. The van der Waals surface area contributed by atoms with Crippen LogP contribution >= 0.6 is 0 Å². The highest BCUT2D eigenvalue weighted by Crippen LogP contribution is 2.37. The highest BCUT2D eigenvalue weighted by Gasteiger charge is 2.18. The third kappa shape index (κ3) is 7.05. The Bertz CT molecular complexity index is 1420. The van der Waals surface area contributed by atoms with Gasteiger partial charge in [-0.3, -0.25) is 9.48 Å². The summed E-state index contributed by atoms with van der Waals surface area (Å²) in [6.07, 6.45) is 5.98. The molecule has 4 aromatic rings. The molecule has 0 saturated heterocycles. The van der Waals surface area contributed by atoms with Gasteiger partial charge in [-0.25, -0.2) is 15.0 Å². The maximum atomic E-state index is 12.8. The number of pyridine rings is 1. The Morgan fingerprint density at radius 2 is 1.92 bits per heavy atom. The van der Waals surface area contributed by atoms with E-state index in [1.54, 1.807) is 49.7 Å². The highest BCUT2D eigenvalue weighted by atomic mass is 16.5. The average Bonchev–Trinajstić information content (AvgIpc) is 3.37. The first-order chi connectivity index (χ1) is 18.9. The van der Waals surface area contributed by atoms with Crippen LogP contribution in [-0.2, 0) is 7.05 Å². The number of hydrogen-bond donors (Lipinski definition) is 2. The van der Waals surface area contributed by atoms with Gasteiger partial charge in [0, 0.05) is 38.5 Å². The number of hydrogen-bond acceptors (Lipinski definition) is 11. The molecular formula is C27H33N9O3. The van der Waals surface area contributed by atoms with Gasteiger partial charge in [0.25, 0.3) is 0 Å². The molecule has 39 heavy (non-hydrogen) atoms. The van der Waals surface area contributed by atoms with Gasteiger partial charge in [0.1, 0.15) is 18.0 Å². The molecule has 0 unspecified atom stereocenters. The predicted octanol–water partition coefficient (Wildman–Crippen LogP) is 4.09. The smallest absolute Gasteiger partial charge is 0.318 e. The van der Waals surface area contributed by atoms with Crippen LogP contribution < -0.4 is 20.1 Å². The molecule has 0 fully saturated rings. The van der Waals surface area contributed by atoms with Crippen LogP contribution in [0.25, 0.3) is 11.4 Å². The molecule has 0 aliphatic heterocycles. The van der Waals surface area contributed by atoms with Crippen molar-refractivity contribution >= 4 is 28.8 Å². The summed E-state index contributed by atoms with van der Waals surface area (Å²) in [6.45, 7) is 3.23. The Kier molecular flexibility index (Phi) is 9.00. The second-order valence-corrected chi connectivity index (χ2v) is 9.00. The van der Waals surface area contributed by atoms with Crippen LogP contribution in [0, 0.1) is 0 Å². The number of anilines is 4. The molecule has 204 valence electrons. The van der Waals surface area contributed by atoms with Crippen molar-refractivity contribution in [2.45, 2.75) is 19.8 Å². The summed E-state index contributed by atoms with van der Waals surface area (Å²) in [4.78, 5) is 32.3. The van der Waals surface area contributed by atoms with Crippen LogP contribution in [0.1, 0.15) is 30.1 Å². The Labute approximate surface area is 227 Å². The van der Waals surface area contributed by atoms with E-state index >= 15 is 0 Å². The molecule has 0 saturated carbocycles. The van der Waals surface area contributed by atoms with E-state index in [0.29, 0.717) is 53.2 Å². The number of nitrogens with zero attached hydrogens (tertiary/aromatic N) is 7. The molecule has 12 heteroatoms. The standard InChI is InChI=1S/C27H33N9O3/c1-6-22(37)19-16-29-24(32-23-11-12-28-27(33-23)39-14-8-13-35(2)3)15-21(19)31-20-10-7-9-18(25(20)38-5)26-30-17-36(4)34-26/h7,9-12,15-17H,6,8,13-14H2,1-5H3,(H2,28,29,31,32,33). The number of carbonyl (C=O) groups excluding carboxylic acids is 1. The summed E-state index contributed by atoms with van der Waals surface area (Å²) < 4.78 is 13.0. The number of ether oxygens (including phenoxy) is 2. The highest BCUT2D eigenvalue weighted by molar-refractivity contribution is 6.02. The molecule has 2 N–H and O–H groups in total. The van der Waals surface area contributed by atoms with Gasteiger partial charge in [-0.2, -0.15) is 10.1 Å². The molecule has 12 nitrogen and oxygen atoms in total. The molecule has 0 aliphatic carbocycles. The summed E-state index contributed by atoms with van der Waals surface area (Å²) in [6, 6.07) is 9.38. The first-order valence-corrected chi connectivity index (χ1v) is 12.6. The molecule has 3 aromatic heterocycles. The zero-order valence-electron chi connectivity index (χ0n) is 22.8. The van der Waals surface area contributed by atoms with Crippen molar-refractivity contribution in [1.82, 2.24) is 34.6 Å². The van der Waals surface area contributed by atoms with E-state index in [4.69, 9.17) is 9.47 Å². The maximum Gasteiger partial charge on any atom is 0.318 e. The molecule has 0 spiro atoms. The fraction of sp³-hybridized carbons (Fsp3) is 0.333. The van der Waals surface area contributed by atoms with Gasteiger partial charge in [0.05, 0.1) is 36.2 Å². The molecule has 0 aliphatic rings. The van der Waals surface area contributed by atoms with Gasteiger partial charge in [-0.15, -0.1) is 0 Å². The van der Waals surface area contributed by atoms with Gasteiger partial charge in [-0.1, -0.05) is 13.0 Å². The van der Waals surface area contributed by atoms with Crippen molar-refractivity contribution in [2.24, 2.45) is 7.05 Å². The number of Topliss-reactive ketones (excluding diaryl/α,β-unsaturated/α-hetero) is 1. The summed E-state index contributed by atoms with van der Waals surface area (Å²) in [5.41, 5.74) is 2.40. The molecule has 0 radical (unpaired) electrons. The second-order valence-electron chi connectivity index (χ2n) is 9.00. The van der Waals surface area contributed by atoms with E-state index in [1.165, 1.54) is 0 Å². The molecule has 0 atom stereocenters. The van der Waals surface area contributed by atoms with E-state index < -0.39 is 0 Å². The topological polar surface area (TPSA) is 132 Å². The van der Waals surface area contributed by atoms with Crippen LogP contribution in [0.5, 0.6) is 11.8 Å². The minimum absolute atomic E-state index is 0.0477. The van der Waals surface area contributed by atoms with Gasteiger partial charge in [-0.05, 0) is 38.7 Å². The summed E-state index contributed by atoms with van der Waals surface area (Å²) in [5.74, 6) is 2.04. The SMILES string of the molecule is CCC(=O)c1cnc(Nc2ccnc(OCCCN(C)C)n2)cc1Nc1cccc(-c2ncn(C)n2)c1OC. The van der Waals surface area contributed by atoms with Crippen molar-refractivity contribution in [3.8, 4) is 23.1 Å². The van der Waals surface area contributed by atoms with Crippen LogP contribution in [0.4, 0.5) is 23.0 Å². The van der Waals surface area contributed by atoms with Crippen LogP contribution in [0.15, 0.2) is 49.1 Å². The largest absolute Gasteiger partial charge is 0.494 e. The summed E-state index contributed by atoms with van der Waals surface area (Å²) in [5, 5.41) is 10.9. The molecular weight excluding hydrogens is 498 g/mol. The summed E-state index contributed by atoms with van der Waals surface area (Å²) in [7, 11) is 7.42. The Balaban J connectivity index is 1.60. The lowest BCUT2D eigenvalue weighted by atomic mass is 10.1. The van der Waals surface area contributed by atoms with Crippen molar-refractivity contribution in [1.29, 1.82) is 0 Å². The molecule has 1 aromatic carbocycles. The van der Waals surface area contributed by atoms with E-state index in [-0.39, 0.29) is 11.8 Å². The fourth-order valence-corrected chi connectivity index (χ4v) is 3.83. The van der Waals surface area contributed by atoms with Crippen LogP contribution in [0.3, 0.4) is 0 Å². The molecule has 0 bridgehead atoms. The van der Waals surface area contributed by atoms with Crippen molar-refractivity contribution in [3.05, 3.63) is 54.6 Å². The van der Waals surface area contributed by atoms with Crippen molar-refractivity contribution in [2.75, 3.05) is 45.0 Å². The summed E-state index contributed by atoms with van der Waals surface area (Å²) >= 11 is 0. The first-order valence-electron chi connectivity index (χ1n) is 12.6. The lowest BCUT2D eigenvalue weighted by Gasteiger charge is -2.17. The molecule has 3 heterocycles. The van der Waals surface area contributed by atoms with E-state index in [2.05, 4.69) is 40.6 Å². The number of rotatable bonds is 13. The van der Waals surface area contributed by atoms with Crippen molar-refractivity contribution in [3.63, 3.8) is 0 Å². The third-order valence-electron chi connectivity index (χ3n) is 5.72. The maximum absolute atomic E-state index is 12.8. The monoisotopic (exact) mass is 531 g/mol. The number of nitrogens with one attached hydrogen (secondary N) is 2. The average molecular weight is 532 g/mol. The number of aromatic nitrogens is 6. The van der Waals surface area contributed by atoms with Gasteiger partial charge in [0.15, 0.2) is 17.4 Å². The van der Waals surface area contributed by atoms with Gasteiger partial charge >= 0.3 is 6.01 Å². The normalized spacial score (nSPS) is 10.9. The Morgan fingerprint density at radius 1 is 1.08 bits per heavy atom. The minimum Gasteiger partial charge on any atom is -0.494 e. The second kappa shape index (κ2) is 12.8. The van der Waals surface area contributed by atoms with Gasteiger partial charge in [0.2, 0.25) is 0 Å². The van der Waals surface area contributed by atoms with Crippen LogP contribution in [0.2, 0.25) is 0 Å². The predicted molar refractivity (Wildman–Crippen MR) is 149 cm³/mol. The van der Waals surface area contributed by atoms with Crippen molar-refractivity contribution < 1.29 is 14.3 Å². The van der Waals surface area contributed by atoms with Crippen LogP contribution in [-0.4, -0.2) is 74.8 Å². The third-order valence-corrected chi connectivity index (χ3v) is 5.72. The molecule has 4 rings (SSSR count). The Morgan fingerprint density at radius 3 is 2.64 bits per heavy atom. The van der Waals surface area contributed by atoms with E-state index in [0.717, 1.165) is 18.5 Å². The lowest BCUT2D eigenvalue weighted by molar-refractivity contribution is 0.0988. The fourth-order valence-electron chi connectivity index (χ4n) is 3.83. The molecule has 0 amide bonds. The zero-order chi connectivity index (χ0) is 27.8. The first kappa shape index (κ1) is 27.5. The Hall–Kier alpha value is -4.58. The lowest BCUT2D eigenvalue weighted by Crippen LogP contribution is -2.16. The quantitative estimate of drug-likeness (QED) is 0.191. The van der Waals surface area contributed by atoms with E-state index in [1.807, 2.05) is 39.2 Å². The number of ketones is 1. The zero-order valence-corrected chi connectivity index (χ0v) is 22.8. The number of carbonyl (C=O) groups is 1. The number of benzene rings is 1. The van der Waals surface area contributed by atoms with E-state index in [9.17, 15) is 4.79 Å². The van der Waals surface area contributed by atoms with Gasteiger partial charge < -0.3 is 25.0 Å². The number of aryl methyl sites for hydroxylation is 1.